The van der Waals surface area contributed by atoms with Gasteiger partial charge < -0.3 is 15.1 Å². The van der Waals surface area contributed by atoms with Gasteiger partial charge in [-0.25, -0.2) is 4.98 Å². The molecule has 1 aromatic carbocycles. The molecule has 0 unspecified atom stereocenters. The van der Waals surface area contributed by atoms with Crippen molar-refractivity contribution < 1.29 is 9.59 Å². The Morgan fingerprint density at radius 1 is 1.00 bits per heavy atom. The lowest BCUT2D eigenvalue weighted by Crippen LogP contribution is -2.54. The van der Waals surface area contributed by atoms with E-state index < -0.39 is 5.41 Å². The Labute approximate surface area is 172 Å². The van der Waals surface area contributed by atoms with Crippen LogP contribution in [0, 0.1) is 26.2 Å². The minimum atomic E-state index is -1.14. The summed E-state index contributed by atoms with van der Waals surface area (Å²) in [7, 11) is 0. The number of nitrogens with one attached hydrogen (secondary N) is 1. The summed E-state index contributed by atoms with van der Waals surface area (Å²) in [6.45, 7) is 12.0. The van der Waals surface area contributed by atoms with Crippen molar-refractivity contribution in [2.45, 2.75) is 34.6 Å². The second-order valence-corrected chi connectivity index (χ2v) is 8.32. The number of benzene rings is 1. The molecule has 3 rings (SSSR count). The van der Waals surface area contributed by atoms with E-state index in [4.69, 9.17) is 0 Å². The Balaban J connectivity index is 1.66. The summed E-state index contributed by atoms with van der Waals surface area (Å²) in [6, 6.07) is 9.90. The van der Waals surface area contributed by atoms with E-state index in [2.05, 4.69) is 15.2 Å². The van der Waals surface area contributed by atoms with Crippen molar-refractivity contribution in [1.82, 2.24) is 9.88 Å². The van der Waals surface area contributed by atoms with E-state index in [1.807, 2.05) is 51.1 Å². The summed E-state index contributed by atoms with van der Waals surface area (Å²) < 4.78 is 0. The quantitative estimate of drug-likeness (QED) is 0.808. The molecular weight excluding hydrogens is 364 g/mol. The molecule has 29 heavy (non-hydrogen) atoms. The predicted octanol–water partition coefficient (Wildman–Crippen LogP) is 3.32. The highest BCUT2D eigenvalue weighted by Gasteiger charge is 2.40. The molecule has 1 fully saturated rings. The Hall–Kier alpha value is -2.89. The highest BCUT2D eigenvalue weighted by Crippen LogP contribution is 2.27. The number of carbonyl (C=O) groups excluding carboxylic acids is 2. The molecule has 6 heteroatoms. The van der Waals surface area contributed by atoms with Gasteiger partial charge in [-0.05, 0) is 57.9 Å². The first-order valence-electron chi connectivity index (χ1n) is 10.0. The van der Waals surface area contributed by atoms with Gasteiger partial charge >= 0.3 is 0 Å². The van der Waals surface area contributed by atoms with Crippen LogP contribution in [0.3, 0.4) is 0 Å². The molecule has 2 amide bonds. The Morgan fingerprint density at radius 2 is 1.62 bits per heavy atom. The van der Waals surface area contributed by atoms with Crippen LogP contribution in [-0.4, -0.2) is 47.9 Å². The van der Waals surface area contributed by atoms with E-state index in [0.29, 0.717) is 26.2 Å². The summed E-state index contributed by atoms with van der Waals surface area (Å²) >= 11 is 0. The van der Waals surface area contributed by atoms with Crippen LogP contribution in [0.2, 0.25) is 0 Å². The first-order chi connectivity index (χ1) is 13.7. The van der Waals surface area contributed by atoms with Crippen LogP contribution in [0.15, 0.2) is 36.5 Å². The molecule has 0 bridgehead atoms. The number of piperazine rings is 1. The maximum atomic E-state index is 13.1. The molecule has 1 aromatic heterocycles. The topological polar surface area (TPSA) is 65.5 Å². The molecule has 0 aliphatic carbocycles. The number of rotatable bonds is 4. The molecule has 0 atom stereocenters. The maximum Gasteiger partial charge on any atom is 0.239 e. The van der Waals surface area contributed by atoms with Crippen LogP contribution in [0.1, 0.15) is 30.5 Å². The van der Waals surface area contributed by atoms with Crippen LogP contribution in [0.25, 0.3) is 0 Å². The normalized spacial score (nSPS) is 14.7. The maximum absolute atomic E-state index is 13.1. The fourth-order valence-corrected chi connectivity index (χ4v) is 3.82. The summed E-state index contributed by atoms with van der Waals surface area (Å²) in [5.74, 6) is 0.504. The Kier molecular flexibility index (Phi) is 5.91. The molecule has 2 heterocycles. The second-order valence-electron chi connectivity index (χ2n) is 8.32. The number of hydrogen-bond acceptors (Lipinski definition) is 4. The standard InChI is InChI=1S/C23H30N4O2/c1-16-14-17(2)20(18(3)15-16)25-21(28)23(4,5)22(29)27-12-10-26(11-13-27)19-8-6-7-9-24-19/h6-9,14-15H,10-13H2,1-5H3,(H,25,28). The van der Waals surface area contributed by atoms with E-state index in [1.54, 1.807) is 24.9 Å². The third-order valence-corrected chi connectivity index (χ3v) is 5.56. The van der Waals surface area contributed by atoms with Gasteiger partial charge in [-0.15, -0.1) is 0 Å². The van der Waals surface area contributed by atoms with Crippen LogP contribution >= 0.6 is 0 Å². The lowest BCUT2D eigenvalue weighted by molar-refractivity contribution is -0.146. The Morgan fingerprint density at radius 3 is 2.17 bits per heavy atom. The van der Waals surface area contributed by atoms with Gasteiger partial charge in [0.1, 0.15) is 11.2 Å². The van der Waals surface area contributed by atoms with Crippen molar-refractivity contribution in [2.75, 3.05) is 36.4 Å². The van der Waals surface area contributed by atoms with Crippen molar-refractivity contribution in [3.05, 3.63) is 53.2 Å². The minimum absolute atomic E-state index is 0.141. The van der Waals surface area contributed by atoms with E-state index in [-0.39, 0.29) is 11.8 Å². The van der Waals surface area contributed by atoms with Crippen LogP contribution < -0.4 is 10.2 Å². The van der Waals surface area contributed by atoms with Gasteiger partial charge in [0.25, 0.3) is 0 Å². The smallest absolute Gasteiger partial charge is 0.239 e. The van der Waals surface area contributed by atoms with Gasteiger partial charge in [-0.2, -0.15) is 0 Å². The fourth-order valence-electron chi connectivity index (χ4n) is 3.82. The van der Waals surface area contributed by atoms with Crippen LogP contribution in [0.5, 0.6) is 0 Å². The van der Waals surface area contributed by atoms with Gasteiger partial charge in [-0.3, -0.25) is 9.59 Å². The molecule has 1 saturated heterocycles. The van der Waals surface area contributed by atoms with Gasteiger partial charge in [0.15, 0.2) is 0 Å². The zero-order valence-electron chi connectivity index (χ0n) is 18.0. The molecule has 0 radical (unpaired) electrons. The Bertz CT molecular complexity index is 877. The van der Waals surface area contributed by atoms with Crippen LogP contribution in [0.4, 0.5) is 11.5 Å². The monoisotopic (exact) mass is 394 g/mol. The molecule has 0 spiro atoms. The van der Waals surface area contributed by atoms with E-state index in [9.17, 15) is 9.59 Å². The average Bonchev–Trinajstić information content (AvgIpc) is 2.70. The molecule has 2 aromatic rings. The highest BCUT2D eigenvalue weighted by atomic mass is 16.2. The minimum Gasteiger partial charge on any atom is -0.353 e. The van der Waals surface area contributed by atoms with E-state index >= 15 is 0 Å². The van der Waals surface area contributed by atoms with Gasteiger partial charge in [0, 0.05) is 38.1 Å². The number of aryl methyl sites for hydroxylation is 3. The van der Waals surface area contributed by atoms with Crippen molar-refractivity contribution in [3.63, 3.8) is 0 Å². The third kappa shape index (κ3) is 4.42. The van der Waals surface area contributed by atoms with Gasteiger partial charge in [0.2, 0.25) is 11.8 Å². The summed E-state index contributed by atoms with van der Waals surface area (Å²) in [5.41, 5.74) is 2.81. The number of aromatic nitrogens is 1. The molecule has 1 aliphatic heterocycles. The number of amides is 2. The third-order valence-electron chi connectivity index (χ3n) is 5.56. The molecule has 1 aliphatic rings. The number of anilines is 2. The SMILES string of the molecule is Cc1cc(C)c(NC(=O)C(C)(C)C(=O)N2CCN(c3ccccn3)CC2)c(C)c1. The first kappa shape index (κ1) is 20.8. The summed E-state index contributed by atoms with van der Waals surface area (Å²) in [5, 5.41) is 2.99. The number of pyridine rings is 1. The molecule has 1 N–H and O–H groups in total. The summed E-state index contributed by atoms with van der Waals surface area (Å²) in [4.78, 5) is 34.5. The highest BCUT2D eigenvalue weighted by molar-refractivity contribution is 6.10. The lowest BCUT2D eigenvalue weighted by atomic mass is 9.89. The first-order valence-corrected chi connectivity index (χ1v) is 10.0. The number of carbonyl (C=O) groups is 2. The lowest BCUT2D eigenvalue weighted by Gasteiger charge is -2.38. The average molecular weight is 395 g/mol. The van der Waals surface area contributed by atoms with Crippen molar-refractivity contribution >= 4 is 23.3 Å². The largest absolute Gasteiger partial charge is 0.353 e. The van der Waals surface area contributed by atoms with Crippen molar-refractivity contribution in [2.24, 2.45) is 5.41 Å². The van der Waals surface area contributed by atoms with Crippen molar-refractivity contribution in [3.8, 4) is 0 Å². The van der Waals surface area contributed by atoms with Gasteiger partial charge in [-0.1, -0.05) is 23.8 Å². The predicted molar refractivity (Wildman–Crippen MR) is 116 cm³/mol. The second kappa shape index (κ2) is 8.23. The number of hydrogen-bond donors (Lipinski definition) is 1. The number of nitrogens with zero attached hydrogens (tertiary/aromatic N) is 3. The molecule has 0 saturated carbocycles. The molecule has 154 valence electrons. The van der Waals surface area contributed by atoms with Crippen LogP contribution in [-0.2, 0) is 9.59 Å². The fraction of sp³-hybridized carbons (Fsp3) is 0.435. The van der Waals surface area contributed by atoms with E-state index in [1.165, 1.54) is 0 Å². The zero-order chi connectivity index (χ0) is 21.2. The zero-order valence-corrected chi connectivity index (χ0v) is 18.0. The van der Waals surface area contributed by atoms with Crippen molar-refractivity contribution in [1.29, 1.82) is 0 Å². The molecule has 6 nitrogen and oxygen atoms in total. The van der Waals surface area contributed by atoms with E-state index in [0.717, 1.165) is 28.2 Å². The van der Waals surface area contributed by atoms with Gasteiger partial charge in [0.05, 0.1) is 0 Å². The summed E-state index contributed by atoms with van der Waals surface area (Å²) in [6.07, 6.45) is 1.77. The molecular formula is C23H30N4O2.